The minimum Gasteiger partial charge on any atom is -0.481 e. The summed E-state index contributed by atoms with van der Waals surface area (Å²) in [5, 5.41) is 38.2. The van der Waals surface area contributed by atoms with Crippen LogP contribution in [0.3, 0.4) is 0 Å². The number of carboxylic acid groups (broad SMARTS) is 1. The van der Waals surface area contributed by atoms with E-state index < -0.39 is 24.3 Å². The highest BCUT2D eigenvalue weighted by molar-refractivity contribution is 5.66. The number of aliphatic hydroxyl groups excluding tert-OH is 3. The van der Waals surface area contributed by atoms with Crippen molar-refractivity contribution < 1.29 is 25.2 Å². The fraction of sp³-hybridized carbons (Fsp3) is 0.944. The van der Waals surface area contributed by atoms with Crippen LogP contribution in [0.5, 0.6) is 0 Å². The van der Waals surface area contributed by atoms with Crippen molar-refractivity contribution in [3.05, 3.63) is 0 Å². The summed E-state index contributed by atoms with van der Waals surface area (Å²) in [6.07, 6.45) is 8.22. The summed E-state index contributed by atoms with van der Waals surface area (Å²) < 4.78 is 0. The average Bonchev–Trinajstić information content (AvgIpc) is 2.49. The van der Waals surface area contributed by atoms with Gasteiger partial charge in [-0.15, -0.1) is 0 Å². The van der Waals surface area contributed by atoms with E-state index in [2.05, 4.69) is 6.92 Å². The maximum absolute atomic E-state index is 10.4. The molecular formula is C18H36O5. The van der Waals surface area contributed by atoms with Crippen molar-refractivity contribution in [2.45, 2.75) is 109 Å². The van der Waals surface area contributed by atoms with Gasteiger partial charge in [-0.1, -0.05) is 58.3 Å². The van der Waals surface area contributed by atoms with Crippen LogP contribution in [0.2, 0.25) is 0 Å². The van der Waals surface area contributed by atoms with Crippen LogP contribution in [0.15, 0.2) is 0 Å². The number of carboxylic acids is 1. The van der Waals surface area contributed by atoms with Gasteiger partial charge < -0.3 is 20.4 Å². The van der Waals surface area contributed by atoms with Crippen LogP contribution in [-0.2, 0) is 4.79 Å². The molecule has 0 saturated heterocycles. The smallest absolute Gasteiger partial charge is 0.303 e. The zero-order valence-corrected chi connectivity index (χ0v) is 14.6. The second kappa shape index (κ2) is 14.9. The van der Waals surface area contributed by atoms with Gasteiger partial charge in [0, 0.05) is 12.8 Å². The van der Waals surface area contributed by atoms with E-state index in [4.69, 9.17) is 5.11 Å². The van der Waals surface area contributed by atoms with Crippen molar-refractivity contribution in [3.8, 4) is 0 Å². The van der Waals surface area contributed by atoms with Gasteiger partial charge in [0.2, 0.25) is 0 Å². The van der Waals surface area contributed by atoms with Gasteiger partial charge in [0.1, 0.15) is 0 Å². The van der Waals surface area contributed by atoms with Gasteiger partial charge in [-0.05, 0) is 19.3 Å². The summed E-state index contributed by atoms with van der Waals surface area (Å²) in [6, 6.07) is 0. The van der Waals surface area contributed by atoms with E-state index in [0.717, 1.165) is 19.3 Å². The molecule has 0 amide bonds. The Hall–Kier alpha value is -0.650. The van der Waals surface area contributed by atoms with E-state index >= 15 is 0 Å². The van der Waals surface area contributed by atoms with Crippen molar-refractivity contribution in [3.63, 3.8) is 0 Å². The fourth-order valence-electron chi connectivity index (χ4n) is 2.71. The Labute approximate surface area is 140 Å². The zero-order valence-electron chi connectivity index (χ0n) is 14.6. The molecule has 138 valence electrons. The molecule has 0 aliphatic rings. The Morgan fingerprint density at radius 3 is 2.00 bits per heavy atom. The number of hydrogen-bond acceptors (Lipinski definition) is 4. The molecule has 0 aliphatic carbocycles. The summed E-state index contributed by atoms with van der Waals surface area (Å²) >= 11 is 0. The summed E-state index contributed by atoms with van der Waals surface area (Å²) in [6.45, 7) is 2.18. The zero-order chi connectivity index (χ0) is 17.5. The summed E-state index contributed by atoms with van der Waals surface area (Å²) in [5.41, 5.74) is 0. The third kappa shape index (κ3) is 14.7. The standard InChI is InChI=1S/C18H36O5/c1-2-3-4-5-6-8-11-15(19)14-17(21)16(20)12-9-7-10-13-18(22)23/h15-17,19-21H,2-14H2,1H3,(H,22,23). The number of carbonyl (C=O) groups is 1. The van der Waals surface area contributed by atoms with Gasteiger partial charge in [-0.2, -0.15) is 0 Å². The van der Waals surface area contributed by atoms with E-state index in [0.29, 0.717) is 25.7 Å². The van der Waals surface area contributed by atoms with Crippen LogP contribution < -0.4 is 0 Å². The molecule has 0 radical (unpaired) electrons. The second-order valence-electron chi connectivity index (χ2n) is 6.57. The van der Waals surface area contributed by atoms with E-state index in [1.165, 1.54) is 25.7 Å². The van der Waals surface area contributed by atoms with Crippen molar-refractivity contribution in [1.29, 1.82) is 0 Å². The number of aliphatic hydroxyl groups is 3. The molecule has 0 spiro atoms. The van der Waals surface area contributed by atoms with Crippen molar-refractivity contribution in [2.75, 3.05) is 0 Å². The summed E-state index contributed by atoms with van der Waals surface area (Å²) in [4.78, 5) is 10.4. The Morgan fingerprint density at radius 2 is 1.35 bits per heavy atom. The Kier molecular flexibility index (Phi) is 14.5. The molecule has 4 N–H and O–H groups in total. The highest BCUT2D eigenvalue weighted by atomic mass is 16.4. The first kappa shape index (κ1) is 22.4. The van der Waals surface area contributed by atoms with E-state index in [9.17, 15) is 20.1 Å². The topological polar surface area (TPSA) is 98.0 Å². The molecule has 3 atom stereocenters. The van der Waals surface area contributed by atoms with Crippen LogP contribution in [0, 0.1) is 0 Å². The predicted molar refractivity (Wildman–Crippen MR) is 91.4 cm³/mol. The monoisotopic (exact) mass is 332 g/mol. The molecule has 0 aromatic heterocycles. The average molecular weight is 332 g/mol. The molecule has 0 heterocycles. The van der Waals surface area contributed by atoms with Crippen molar-refractivity contribution >= 4 is 5.97 Å². The molecule has 5 heteroatoms. The second-order valence-corrected chi connectivity index (χ2v) is 6.57. The van der Waals surface area contributed by atoms with Gasteiger partial charge in [0.05, 0.1) is 18.3 Å². The van der Waals surface area contributed by atoms with E-state index in [1.807, 2.05) is 0 Å². The minimum absolute atomic E-state index is 0.148. The number of hydrogen-bond donors (Lipinski definition) is 4. The predicted octanol–water partition coefficient (Wildman–Crippen LogP) is 3.24. The fourth-order valence-corrected chi connectivity index (χ4v) is 2.71. The van der Waals surface area contributed by atoms with Gasteiger partial charge in [0.25, 0.3) is 0 Å². The van der Waals surface area contributed by atoms with Crippen LogP contribution in [-0.4, -0.2) is 44.7 Å². The van der Waals surface area contributed by atoms with Crippen molar-refractivity contribution in [2.24, 2.45) is 0 Å². The van der Waals surface area contributed by atoms with E-state index in [1.54, 1.807) is 0 Å². The molecule has 0 aromatic rings. The normalized spacial score (nSPS) is 15.3. The molecule has 0 aliphatic heterocycles. The molecule has 0 fully saturated rings. The molecule has 23 heavy (non-hydrogen) atoms. The highest BCUT2D eigenvalue weighted by Gasteiger charge is 2.19. The van der Waals surface area contributed by atoms with Crippen LogP contribution in [0.25, 0.3) is 0 Å². The van der Waals surface area contributed by atoms with Gasteiger partial charge in [-0.25, -0.2) is 0 Å². The molecule has 5 nitrogen and oxygen atoms in total. The van der Waals surface area contributed by atoms with Crippen molar-refractivity contribution in [1.82, 2.24) is 0 Å². The quantitative estimate of drug-likeness (QED) is 0.325. The Bertz CT molecular complexity index is 283. The largest absolute Gasteiger partial charge is 0.481 e. The maximum atomic E-state index is 10.4. The summed E-state index contributed by atoms with van der Waals surface area (Å²) in [7, 11) is 0. The summed E-state index contributed by atoms with van der Waals surface area (Å²) in [5.74, 6) is -0.802. The Balaban J connectivity index is 3.60. The lowest BCUT2D eigenvalue weighted by Gasteiger charge is -2.20. The lowest BCUT2D eigenvalue weighted by atomic mass is 9.98. The molecule has 0 saturated carbocycles. The van der Waals surface area contributed by atoms with Gasteiger partial charge >= 0.3 is 5.97 Å². The maximum Gasteiger partial charge on any atom is 0.303 e. The lowest BCUT2D eigenvalue weighted by molar-refractivity contribution is -0.137. The third-order valence-corrected chi connectivity index (χ3v) is 4.24. The van der Waals surface area contributed by atoms with Gasteiger partial charge in [0.15, 0.2) is 0 Å². The van der Waals surface area contributed by atoms with Crippen LogP contribution in [0.4, 0.5) is 0 Å². The number of rotatable bonds is 16. The number of unbranched alkanes of at least 4 members (excludes halogenated alkanes) is 7. The highest BCUT2D eigenvalue weighted by Crippen LogP contribution is 2.15. The first-order valence-electron chi connectivity index (χ1n) is 9.23. The first-order valence-corrected chi connectivity index (χ1v) is 9.23. The molecular weight excluding hydrogens is 296 g/mol. The molecule has 0 aromatic carbocycles. The third-order valence-electron chi connectivity index (χ3n) is 4.24. The van der Waals surface area contributed by atoms with Gasteiger partial charge in [-0.3, -0.25) is 4.79 Å². The minimum atomic E-state index is -0.899. The number of aliphatic carboxylic acids is 1. The van der Waals surface area contributed by atoms with Crippen LogP contribution in [0.1, 0.15) is 90.4 Å². The SMILES string of the molecule is CCCCCCCCC(O)CC(O)C(O)CCCCCC(=O)O. The van der Waals surface area contributed by atoms with Crippen LogP contribution >= 0.6 is 0 Å². The molecule has 0 bridgehead atoms. The molecule has 0 rings (SSSR count). The Morgan fingerprint density at radius 1 is 0.783 bits per heavy atom. The van der Waals surface area contributed by atoms with E-state index in [-0.39, 0.29) is 12.8 Å². The lowest BCUT2D eigenvalue weighted by Crippen LogP contribution is -2.30. The first-order chi connectivity index (χ1) is 11.0. The molecule has 3 unspecified atom stereocenters.